The number of aromatic nitrogens is 2. The summed E-state index contributed by atoms with van der Waals surface area (Å²) < 4.78 is 40.7. The number of hydrogen-bond acceptors (Lipinski definition) is 5. The first-order chi connectivity index (χ1) is 15.9. The Balaban J connectivity index is 1.58. The topological polar surface area (TPSA) is 87.8 Å². The minimum Gasteiger partial charge on any atom is -0.315 e. The molecule has 0 aliphatic heterocycles. The maximum atomic E-state index is 13.4. The van der Waals surface area contributed by atoms with Gasteiger partial charge in [0, 0.05) is 10.8 Å². The maximum absolute atomic E-state index is 13.4. The van der Waals surface area contributed by atoms with Gasteiger partial charge in [-0.05, 0) is 55.1 Å². The minimum absolute atomic E-state index is 0.120. The van der Waals surface area contributed by atoms with Gasteiger partial charge in [-0.25, -0.2) is 4.68 Å². The lowest BCUT2D eigenvalue weighted by Crippen LogP contribution is -2.35. The van der Waals surface area contributed by atoms with Gasteiger partial charge in [0.25, 0.3) is 5.56 Å². The van der Waals surface area contributed by atoms with Crippen molar-refractivity contribution < 1.29 is 18.0 Å². The van der Waals surface area contributed by atoms with Crippen LogP contribution < -0.4 is 10.9 Å². The summed E-state index contributed by atoms with van der Waals surface area (Å²) in [5.74, 6) is -0.339. The van der Waals surface area contributed by atoms with Crippen LogP contribution in [0.5, 0.6) is 0 Å². The van der Waals surface area contributed by atoms with E-state index in [4.69, 9.17) is 0 Å². The Morgan fingerprint density at radius 2 is 2.03 bits per heavy atom. The normalized spacial score (nSPS) is 18.3. The molecule has 10 heteroatoms. The Hall–Kier alpha value is -2.67. The molecule has 2 aliphatic carbocycles. The van der Waals surface area contributed by atoms with E-state index in [1.165, 1.54) is 11.3 Å². The van der Waals surface area contributed by atoms with Gasteiger partial charge in [-0.1, -0.05) is 27.2 Å². The number of fused-ring (bicyclic) bond motifs is 1. The van der Waals surface area contributed by atoms with Crippen LogP contribution in [0.1, 0.15) is 79.6 Å². The SMILES string of the molecule is CCC(C)(C)C1CCc2c(sc(NC(=O)Cn3nc(C4CC4)cc(C(F)(F)F)c3=O)c2C#N)C1. The first-order valence-corrected chi connectivity index (χ1v) is 12.3. The summed E-state index contributed by atoms with van der Waals surface area (Å²) in [5, 5.41) is 16.8. The molecular weight excluding hydrogens is 465 g/mol. The molecule has 0 spiro atoms. The van der Waals surface area contributed by atoms with Crippen LogP contribution in [0.4, 0.5) is 18.2 Å². The van der Waals surface area contributed by atoms with Gasteiger partial charge in [0.2, 0.25) is 5.91 Å². The number of carbonyl (C=O) groups is 1. The lowest BCUT2D eigenvalue weighted by atomic mass is 9.69. The molecule has 0 saturated heterocycles. The predicted octanol–water partition coefficient (Wildman–Crippen LogP) is 5.25. The fourth-order valence-electron chi connectivity index (χ4n) is 4.50. The average Bonchev–Trinajstić information content (AvgIpc) is 3.55. The van der Waals surface area contributed by atoms with Crippen LogP contribution in [0.3, 0.4) is 0 Å². The highest BCUT2D eigenvalue weighted by molar-refractivity contribution is 7.16. The highest BCUT2D eigenvalue weighted by atomic mass is 32.1. The van der Waals surface area contributed by atoms with Crippen LogP contribution in [0.25, 0.3) is 0 Å². The van der Waals surface area contributed by atoms with Gasteiger partial charge in [0.1, 0.15) is 23.2 Å². The third-order valence-corrected chi connectivity index (χ3v) is 8.40. The Kier molecular flexibility index (Phi) is 6.36. The van der Waals surface area contributed by atoms with Gasteiger partial charge in [-0.2, -0.15) is 23.5 Å². The molecule has 34 heavy (non-hydrogen) atoms. The summed E-state index contributed by atoms with van der Waals surface area (Å²) in [4.78, 5) is 26.2. The van der Waals surface area contributed by atoms with Gasteiger partial charge in [-0.3, -0.25) is 9.59 Å². The molecule has 1 unspecified atom stereocenters. The number of nitrogens with zero attached hydrogens (tertiary/aromatic N) is 3. The lowest BCUT2D eigenvalue weighted by molar-refractivity contribution is -0.139. The molecule has 2 heterocycles. The molecular formula is C24H27F3N4O2S. The first kappa shape index (κ1) is 24.5. The number of amides is 1. The van der Waals surface area contributed by atoms with Crippen LogP contribution in [0.2, 0.25) is 0 Å². The number of carbonyl (C=O) groups excluding carboxylic acids is 1. The second-order valence-electron chi connectivity index (χ2n) is 9.87. The van der Waals surface area contributed by atoms with Gasteiger partial charge < -0.3 is 5.32 Å². The number of nitriles is 1. The largest absolute Gasteiger partial charge is 0.421 e. The van der Waals surface area contributed by atoms with Gasteiger partial charge in [0.15, 0.2) is 0 Å². The Bertz CT molecular complexity index is 1220. The molecule has 182 valence electrons. The van der Waals surface area contributed by atoms with E-state index >= 15 is 0 Å². The van der Waals surface area contributed by atoms with E-state index in [0.717, 1.165) is 42.2 Å². The molecule has 6 nitrogen and oxygen atoms in total. The molecule has 4 rings (SSSR count). The number of rotatable bonds is 6. The first-order valence-electron chi connectivity index (χ1n) is 11.5. The van der Waals surface area contributed by atoms with Crippen molar-refractivity contribution >= 4 is 22.2 Å². The maximum Gasteiger partial charge on any atom is 0.421 e. The molecule has 1 atom stereocenters. The zero-order chi connectivity index (χ0) is 24.8. The number of hydrogen-bond donors (Lipinski definition) is 1. The second kappa shape index (κ2) is 8.84. The van der Waals surface area contributed by atoms with E-state index in [0.29, 0.717) is 34.0 Å². The monoisotopic (exact) mass is 492 g/mol. The van der Waals surface area contributed by atoms with Crippen LogP contribution in [0.15, 0.2) is 10.9 Å². The Morgan fingerprint density at radius 1 is 1.32 bits per heavy atom. The fraction of sp³-hybridized carbons (Fsp3) is 0.583. The highest BCUT2D eigenvalue weighted by Crippen LogP contribution is 2.45. The van der Waals surface area contributed by atoms with Crippen molar-refractivity contribution in [2.24, 2.45) is 11.3 Å². The number of nitrogens with one attached hydrogen (secondary N) is 1. The smallest absolute Gasteiger partial charge is 0.315 e. The van der Waals surface area contributed by atoms with Gasteiger partial charge >= 0.3 is 6.18 Å². The highest BCUT2D eigenvalue weighted by Gasteiger charge is 2.38. The van der Waals surface area contributed by atoms with Crippen molar-refractivity contribution in [3.05, 3.63) is 43.7 Å². The predicted molar refractivity (Wildman–Crippen MR) is 123 cm³/mol. The molecule has 2 aromatic heterocycles. The second-order valence-corrected chi connectivity index (χ2v) is 11.0. The summed E-state index contributed by atoms with van der Waals surface area (Å²) in [7, 11) is 0. The zero-order valence-corrected chi connectivity index (χ0v) is 20.2. The van der Waals surface area contributed by atoms with Crippen molar-refractivity contribution in [1.29, 1.82) is 5.26 Å². The van der Waals surface area contributed by atoms with Crippen molar-refractivity contribution in [1.82, 2.24) is 9.78 Å². The minimum atomic E-state index is -4.83. The van der Waals surface area contributed by atoms with E-state index in [-0.39, 0.29) is 17.0 Å². The Morgan fingerprint density at radius 3 is 2.62 bits per heavy atom. The average molecular weight is 493 g/mol. The van der Waals surface area contributed by atoms with Crippen LogP contribution in [-0.2, 0) is 30.4 Å². The molecule has 0 aromatic carbocycles. The quantitative estimate of drug-likeness (QED) is 0.596. The van der Waals surface area contributed by atoms with E-state index in [1.54, 1.807) is 0 Å². The number of thiophene rings is 1. The summed E-state index contributed by atoms with van der Waals surface area (Å²) in [6, 6.07) is 2.97. The molecule has 1 saturated carbocycles. The number of halogens is 3. The van der Waals surface area contributed by atoms with E-state index in [9.17, 15) is 28.0 Å². The molecule has 2 aromatic rings. The fourth-order valence-corrected chi connectivity index (χ4v) is 5.80. The van der Waals surface area contributed by atoms with Crippen LogP contribution in [-0.4, -0.2) is 15.7 Å². The molecule has 2 aliphatic rings. The standard InChI is InChI=1S/C24H27F3N4O2S/c1-4-23(2,3)14-7-8-15-16(11-28)21(34-19(15)9-14)29-20(32)12-31-22(33)17(24(25,26)27)10-18(30-31)13-5-6-13/h10,13-14H,4-9,12H2,1-3H3,(H,29,32). The van der Waals surface area contributed by atoms with Crippen molar-refractivity contribution in [3.63, 3.8) is 0 Å². The number of alkyl halides is 3. The van der Waals surface area contributed by atoms with Gasteiger partial charge in [0.05, 0.1) is 11.3 Å². The van der Waals surface area contributed by atoms with Crippen molar-refractivity contribution in [3.8, 4) is 6.07 Å². The van der Waals surface area contributed by atoms with Crippen molar-refractivity contribution in [2.75, 3.05) is 5.32 Å². The zero-order valence-electron chi connectivity index (χ0n) is 19.4. The molecule has 0 bridgehead atoms. The summed E-state index contributed by atoms with van der Waals surface area (Å²) in [5.41, 5.74) is -0.976. The Labute approximate surface area is 199 Å². The van der Waals surface area contributed by atoms with Crippen molar-refractivity contribution in [2.45, 2.75) is 77.9 Å². The third-order valence-electron chi connectivity index (χ3n) is 7.23. The molecule has 1 fully saturated rings. The van der Waals surface area contributed by atoms with E-state index in [1.807, 2.05) is 0 Å². The molecule has 0 radical (unpaired) electrons. The van der Waals surface area contributed by atoms with Gasteiger partial charge in [-0.15, -0.1) is 11.3 Å². The third kappa shape index (κ3) is 4.76. The molecule has 1 amide bonds. The number of anilines is 1. The molecule has 1 N–H and O–H groups in total. The summed E-state index contributed by atoms with van der Waals surface area (Å²) >= 11 is 1.34. The van der Waals surface area contributed by atoms with Crippen LogP contribution >= 0.6 is 11.3 Å². The van der Waals surface area contributed by atoms with Crippen LogP contribution in [0, 0.1) is 22.7 Å². The lowest BCUT2D eigenvalue weighted by Gasteiger charge is -2.36. The van der Waals surface area contributed by atoms with E-state index in [2.05, 4.69) is 37.3 Å². The summed E-state index contributed by atoms with van der Waals surface area (Å²) in [6.07, 6.45) is 0.150. The summed E-state index contributed by atoms with van der Waals surface area (Å²) in [6.45, 7) is 5.98. The van der Waals surface area contributed by atoms with E-state index < -0.39 is 29.8 Å².